The third kappa shape index (κ3) is 5.26. The molecule has 1 N–H and O–H groups in total. The fraction of sp³-hybridized carbons (Fsp3) is 0.0741. The minimum absolute atomic E-state index is 0.243. The van der Waals surface area contributed by atoms with Gasteiger partial charge in [-0.15, -0.1) is 0 Å². The van der Waals surface area contributed by atoms with E-state index >= 15 is 0 Å². The van der Waals surface area contributed by atoms with Gasteiger partial charge in [0, 0.05) is 11.1 Å². The second kappa shape index (κ2) is 10.7. The largest absolute Gasteiger partial charge is 0.493 e. The molecule has 7 nitrogen and oxygen atoms in total. The standard InChI is InChI=1S/C27H21ClN2O5/c1-33-24-14-12-18(15-25(24)34-2)26(31)30-29-16-21-19-8-4-3-7-17(19)11-13-23(21)35-27(32)20-9-5-6-10-22(20)28/h3-16H,1-2H3,(H,30,31)/b29-16-. The summed E-state index contributed by atoms with van der Waals surface area (Å²) in [5, 5.41) is 6.11. The SMILES string of the molecule is COc1ccc(C(=O)N/N=C\c2c(OC(=O)c3ccccc3Cl)ccc3ccccc23)cc1OC. The number of ether oxygens (including phenoxy) is 3. The molecule has 0 aromatic heterocycles. The van der Waals surface area contributed by atoms with E-state index in [1.54, 1.807) is 48.5 Å². The van der Waals surface area contributed by atoms with Crippen molar-refractivity contribution in [1.82, 2.24) is 5.43 Å². The molecule has 0 aliphatic heterocycles. The molecule has 0 atom stereocenters. The number of esters is 1. The summed E-state index contributed by atoms with van der Waals surface area (Å²) < 4.78 is 16.1. The van der Waals surface area contributed by atoms with Crippen LogP contribution in [0.3, 0.4) is 0 Å². The lowest BCUT2D eigenvalue weighted by Crippen LogP contribution is -2.18. The van der Waals surface area contributed by atoms with Crippen molar-refractivity contribution in [3.8, 4) is 17.2 Å². The van der Waals surface area contributed by atoms with Gasteiger partial charge in [0.15, 0.2) is 11.5 Å². The van der Waals surface area contributed by atoms with Gasteiger partial charge in [0.05, 0.1) is 31.0 Å². The van der Waals surface area contributed by atoms with E-state index in [1.165, 1.54) is 20.4 Å². The third-order valence-electron chi connectivity index (χ3n) is 5.23. The molecule has 0 saturated heterocycles. The molecular weight excluding hydrogens is 468 g/mol. The van der Waals surface area contributed by atoms with Crippen LogP contribution < -0.4 is 19.6 Å². The third-order valence-corrected chi connectivity index (χ3v) is 5.56. The number of benzene rings is 4. The van der Waals surface area contributed by atoms with Crippen molar-refractivity contribution in [2.45, 2.75) is 0 Å². The first-order valence-electron chi connectivity index (χ1n) is 10.6. The first-order valence-corrected chi connectivity index (χ1v) is 10.9. The molecule has 0 heterocycles. The van der Waals surface area contributed by atoms with Gasteiger partial charge >= 0.3 is 5.97 Å². The Balaban J connectivity index is 1.62. The van der Waals surface area contributed by atoms with Crippen molar-refractivity contribution < 1.29 is 23.8 Å². The molecule has 176 valence electrons. The van der Waals surface area contributed by atoms with E-state index in [-0.39, 0.29) is 16.3 Å². The van der Waals surface area contributed by atoms with Crippen LogP contribution in [0.15, 0.2) is 84.0 Å². The highest BCUT2D eigenvalue weighted by molar-refractivity contribution is 6.33. The normalized spacial score (nSPS) is 10.8. The molecule has 0 unspecified atom stereocenters. The van der Waals surface area contributed by atoms with Crippen LogP contribution in [0, 0.1) is 0 Å². The number of nitrogens with zero attached hydrogens (tertiary/aromatic N) is 1. The van der Waals surface area contributed by atoms with Crippen molar-refractivity contribution in [2.75, 3.05) is 14.2 Å². The van der Waals surface area contributed by atoms with Gasteiger partial charge in [-0.3, -0.25) is 4.79 Å². The maximum Gasteiger partial charge on any atom is 0.345 e. The summed E-state index contributed by atoms with van der Waals surface area (Å²) >= 11 is 6.15. The Morgan fingerprint density at radius 3 is 2.34 bits per heavy atom. The van der Waals surface area contributed by atoms with Crippen LogP contribution in [0.2, 0.25) is 5.02 Å². The van der Waals surface area contributed by atoms with Gasteiger partial charge in [0.1, 0.15) is 5.75 Å². The average molecular weight is 489 g/mol. The Kier molecular flexibility index (Phi) is 7.28. The topological polar surface area (TPSA) is 86.2 Å². The summed E-state index contributed by atoms with van der Waals surface area (Å²) in [6.45, 7) is 0. The van der Waals surface area contributed by atoms with E-state index in [2.05, 4.69) is 10.5 Å². The number of hydrogen-bond donors (Lipinski definition) is 1. The first kappa shape index (κ1) is 23.8. The van der Waals surface area contributed by atoms with Crippen LogP contribution in [0.1, 0.15) is 26.3 Å². The number of fused-ring (bicyclic) bond motifs is 1. The number of rotatable bonds is 7. The number of carbonyl (C=O) groups excluding carboxylic acids is 2. The molecule has 0 bridgehead atoms. The number of carbonyl (C=O) groups is 2. The summed E-state index contributed by atoms with van der Waals surface area (Å²) in [4.78, 5) is 25.4. The molecule has 1 amide bonds. The highest BCUT2D eigenvalue weighted by Crippen LogP contribution is 2.29. The van der Waals surface area contributed by atoms with Crippen molar-refractivity contribution in [2.24, 2.45) is 5.10 Å². The van der Waals surface area contributed by atoms with Crippen LogP contribution in [-0.2, 0) is 0 Å². The molecule has 4 aromatic rings. The summed E-state index contributed by atoms with van der Waals surface area (Å²) in [7, 11) is 3.01. The zero-order valence-corrected chi connectivity index (χ0v) is 19.7. The number of amides is 1. The maximum absolute atomic E-state index is 12.8. The number of methoxy groups -OCH3 is 2. The second-order valence-corrected chi connectivity index (χ2v) is 7.74. The van der Waals surface area contributed by atoms with E-state index in [0.29, 0.717) is 22.6 Å². The minimum Gasteiger partial charge on any atom is -0.493 e. The smallest absolute Gasteiger partial charge is 0.345 e. The molecule has 35 heavy (non-hydrogen) atoms. The highest BCUT2D eigenvalue weighted by atomic mass is 35.5. The second-order valence-electron chi connectivity index (χ2n) is 7.34. The van der Waals surface area contributed by atoms with Crippen molar-refractivity contribution in [3.63, 3.8) is 0 Å². The number of halogens is 1. The Morgan fingerprint density at radius 2 is 1.57 bits per heavy atom. The predicted molar refractivity (Wildman–Crippen MR) is 135 cm³/mol. The van der Waals surface area contributed by atoms with E-state index in [0.717, 1.165) is 10.8 Å². The van der Waals surface area contributed by atoms with E-state index in [4.69, 9.17) is 25.8 Å². The Labute approximate surface area is 206 Å². The number of nitrogens with one attached hydrogen (secondary N) is 1. The fourth-order valence-electron chi connectivity index (χ4n) is 3.48. The van der Waals surface area contributed by atoms with Crippen LogP contribution in [0.25, 0.3) is 10.8 Å². The molecule has 4 rings (SSSR count). The van der Waals surface area contributed by atoms with Crippen molar-refractivity contribution >= 4 is 40.5 Å². The van der Waals surface area contributed by atoms with Crippen molar-refractivity contribution in [1.29, 1.82) is 0 Å². The lowest BCUT2D eigenvalue weighted by Gasteiger charge is -2.11. The van der Waals surface area contributed by atoms with Crippen LogP contribution in [0.4, 0.5) is 0 Å². The van der Waals surface area contributed by atoms with Crippen LogP contribution >= 0.6 is 11.6 Å². The van der Waals surface area contributed by atoms with Gasteiger partial charge in [0.2, 0.25) is 0 Å². The van der Waals surface area contributed by atoms with E-state index in [9.17, 15) is 9.59 Å². The Hall–Kier alpha value is -4.36. The highest BCUT2D eigenvalue weighted by Gasteiger charge is 2.16. The summed E-state index contributed by atoms with van der Waals surface area (Å²) in [6, 6.07) is 22.5. The van der Waals surface area contributed by atoms with Gasteiger partial charge in [-0.25, -0.2) is 10.2 Å². The summed E-state index contributed by atoms with van der Waals surface area (Å²) in [6.07, 6.45) is 1.44. The van der Waals surface area contributed by atoms with E-state index < -0.39 is 11.9 Å². The molecular formula is C27H21ClN2O5. The predicted octanol–water partition coefficient (Wildman–Crippen LogP) is 5.49. The molecule has 4 aromatic carbocycles. The maximum atomic E-state index is 12.8. The van der Waals surface area contributed by atoms with Gasteiger partial charge in [0.25, 0.3) is 5.91 Å². The number of hydrazone groups is 1. The van der Waals surface area contributed by atoms with Crippen LogP contribution in [-0.4, -0.2) is 32.3 Å². The van der Waals surface area contributed by atoms with E-state index in [1.807, 2.05) is 30.3 Å². The molecule has 0 fully saturated rings. The fourth-order valence-corrected chi connectivity index (χ4v) is 3.69. The molecule has 8 heteroatoms. The molecule has 0 saturated carbocycles. The quantitative estimate of drug-likeness (QED) is 0.161. The molecule has 0 radical (unpaired) electrons. The number of hydrogen-bond acceptors (Lipinski definition) is 6. The lowest BCUT2D eigenvalue weighted by molar-refractivity contribution is 0.0734. The minimum atomic E-state index is -0.602. The summed E-state index contributed by atoms with van der Waals surface area (Å²) in [5.74, 6) is 0.157. The first-order chi connectivity index (χ1) is 17.0. The molecule has 0 aliphatic rings. The van der Waals surface area contributed by atoms with Crippen molar-refractivity contribution in [3.05, 3.63) is 101 Å². The van der Waals surface area contributed by atoms with Crippen LogP contribution in [0.5, 0.6) is 17.2 Å². The lowest BCUT2D eigenvalue weighted by atomic mass is 10.0. The van der Waals surface area contributed by atoms with Gasteiger partial charge < -0.3 is 14.2 Å². The van der Waals surface area contributed by atoms with Gasteiger partial charge in [-0.2, -0.15) is 5.10 Å². The zero-order chi connectivity index (χ0) is 24.8. The molecule has 0 aliphatic carbocycles. The van der Waals surface area contributed by atoms with Gasteiger partial charge in [-0.05, 0) is 47.2 Å². The molecule has 0 spiro atoms. The summed E-state index contributed by atoms with van der Waals surface area (Å²) in [5.41, 5.74) is 3.60. The monoisotopic (exact) mass is 488 g/mol. The zero-order valence-electron chi connectivity index (χ0n) is 18.9. The van der Waals surface area contributed by atoms with Gasteiger partial charge in [-0.1, -0.05) is 54.1 Å². The Bertz CT molecular complexity index is 1430. The Morgan fingerprint density at radius 1 is 0.857 bits per heavy atom. The average Bonchev–Trinajstić information content (AvgIpc) is 2.89.